The van der Waals surface area contributed by atoms with Crippen LogP contribution in [0.2, 0.25) is 5.15 Å². The number of nitrogens with zero attached hydrogens (tertiary/aromatic N) is 2. The molecule has 1 heterocycles. The van der Waals surface area contributed by atoms with Crippen molar-refractivity contribution in [3.05, 3.63) is 22.2 Å². The summed E-state index contributed by atoms with van der Waals surface area (Å²) in [5.41, 5.74) is 1.80. The minimum Gasteiger partial charge on any atom is -0.371 e. The molecule has 1 atom stereocenters. The average Bonchev–Trinajstić information content (AvgIpc) is 2.76. The van der Waals surface area contributed by atoms with Crippen LogP contribution in [0.5, 0.6) is 0 Å². The van der Waals surface area contributed by atoms with Crippen LogP contribution in [0.1, 0.15) is 43.8 Å². The summed E-state index contributed by atoms with van der Waals surface area (Å²) in [6.45, 7) is 4.06. The Morgan fingerprint density at radius 2 is 2.12 bits per heavy atom. The third kappa shape index (κ3) is 1.82. The van der Waals surface area contributed by atoms with Gasteiger partial charge in [0.05, 0.1) is 0 Å². The Bertz CT molecular complexity index is 402. The fraction of sp³-hybridized carbons (Fsp3) is 0.667. The fourth-order valence-electron chi connectivity index (χ4n) is 2.02. The van der Waals surface area contributed by atoms with Gasteiger partial charge in [0.15, 0.2) is 5.82 Å². The van der Waals surface area contributed by atoms with Gasteiger partial charge < -0.3 is 4.74 Å². The molecule has 0 saturated heterocycles. The Kier molecular flexibility index (Phi) is 3.17. The summed E-state index contributed by atoms with van der Waals surface area (Å²) in [6, 6.07) is 0. The molecule has 2 rings (SSSR count). The minimum absolute atomic E-state index is 0.429. The van der Waals surface area contributed by atoms with E-state index in [9.17, 15) is 0 Å². The molecule has 88 valence electrons. The lowest BCUT2D eigenvalue weighted by Crippen LogP contribution is -2.27. The maximum absolute atomic E-state index is 6.19. The molecule has 0 radical (unpaired) electrons. The molecule has 0 N–H and O–H groups in total. The number of fused-ring (bicyclic) bond motifs is 1. The van der Waals surface area contributed by atoms with Crippen LogP contribution in [0, 0.1) is 0 Å². The molecule has 0 spiro atoms. The van der Waals surface area contributed by atoms with Gasteiger partial charge in [-0.3, -0.25) is 0 Å². The van der Waals surface area contributed by atoms with Crippen molar-refractivity contribution >= 4 is 11.6 Å². The highest BCUT2D eigenvalue weighted by molar-refractivity contribution is 6.30. The highest BCUT2D eigenvalue weighted by atomic mass is 35.5. The van der Waals surface area contributed by atoms with Crippen LogP contribution in [-0.4, -0.2) is 17.1 Å². The van der Waals surface area contributed by atoms with E-state index in [4.69, 9.17) is 16.3 Å². The Morgan fingerprint density at radius 3 is 2.75 bits per heavy atom. The first-order chi connectivity index (χ1) is 7.60. The van der Waals surface area contributed by atoms with Crippen LogP contribution in [0.25, 0.3) is 0 Å². The van der Waals surface area contributed by atoms with Crippen molar-refractivity contribution < 1.29 is 4.74 Å². The first-order valence-electron chi connectivity index (χ1n) is 5.71. The normalized spacial score (nSPS) is 18.2. The molecule has 1 aliphatic rings. The van der Waals surface area contributed by atoms with Gasteiger partial charge in [-0.15, -0.1) is 0 Å². The zero-order chi connectivity index (χ0) is 11.8. The molecule has 3 nitrogen and oxygen atoms in total. The van der Waals surface area contributed by atoms with E-state index < -0.39 is 5.60 Å². The average molecular weight is 241 g/mol. The molecule has 0 saturated carbocycles. The summed E-state index contributed by atoms with van der Waals surface area (Å²) >= 11 is 6.19. The van der Waals surface area contributed by atoms with Gasteiger partial charge in [-0.1, -0.05) is 18.5 Å². The molecule has 0 aromatic carbocycles. The van der Waals surface area contributed by atoms with Crippen LogP contribution in [0.3, 0.4) is 0 Å². The van der Waals surface area contributed by atoms with Crippen molar-refractivity contribution in [2.24, 2.45) is 0 Å². The van der Waals surface area contributed by atoms with E-state index in [-0.39, 0.29) is 0 Å². The van der Waals surface area contributed by atoms with Gasteiger partial charge in [-0.2, -0.15) is 0 Å². The zero-order valence-electron chi connectivity index (χ0n) is 10.0. The minimum atomic E-state index is -0.429. The molecule has 1 unspecified atom stereocenters. The summed E-state index contributed by atoms with van der Waals surface area (Å²) in [6.07, 6.45) is 3.97. The van der Waals surface area contributed by atoms with Crippen LogP contribution >= 0.6 is 11.6 Å². The molecule has 1 aromatic rings. The van der Waals surface area contributed by atoms with Crippen LogP contribution in [0.15, 0.2) is 0 Å². The second kappa shape index (κ2) is 4.30. The summed E-state index contributed by atoms with van der Waals surface area (Å²) < 4.78 is 5.50. The number of ether oxygens (including phenoxy) is 1. The number of halogens is 1. The predicted molar refractivity (Wildman–Crippen MR) is 63.7 cm³/mol. The predicted octanol–water partition coefficient (Wildman–Crippen LogP) is 2.89. The smallest absolute Gasteiger partial charge is 0.161 e. The van der Waals surface area contributed by atoms with Crippen molar-refractivity contribution in [1.29, 1.82) is 0 Å². The molecular formula is C12H17ClN2O. The zero-order valence-corrected chi connectivity index (χ0v) is 10.8. The molecule has 0 aliphatic heterocycles. The van der Waals surface area contributed by atoms with Gasteiger partial charge in [0, 0.05) is 18.4 Å². The second-order valence-corrected chi connectivity index (χ2v) is 4.76. The Hall–Kier alpha value is -0.670. The molecule has 0 amide bonds. The number of hydrogen-bond acceptors (Lipinski definition) is 3. The van der Waals surface area contributed by atoms with E-state index in [1.165, 1.54) is 0 Å². The number of methoxy groups -OCH3 is 1. The number of aromatic nitrogens is 2. The first kappa shape index (κ1) is 11.8. The van der Waals surface area contributed by atoms with Crippen molar-refractivity contribution in [2.75, 3.05) is 7.11 Å². The molecule has 1 aliphatic carbocycles. The molecule has 0 fully saturated rings. The Morgan fingerprint density at radius 1 is 1.38 bits per heavy atom. The quantitative estimate of drug-likeness (QED) is 0.762. The van der Waals surface area contributed by atoms with E-state index in [1.54, 1.807) is 7.11 Å². The van der Waals surface area contributed by atoms with Gasteiger partial charge in [-0.25, -0.2) is 9.97 Å². The summed E-state index contributed by atoms with van der Waals surface area (Å²) in [4.78, 5) is 9.00. The fourth-order valence-corrected chi connectivity index (χ4v) is 2.30. The molecule has 1 aromatic heterocycles. The highest BCUT2D eigenvalue weighted by Gasteiger charge is 2.30. The number of aryl methyl sites for hydroxylation is 1. The SMILES string of the molecule is CCC(C)(OC)c1nc(Cl)c2c(n1)CCC2. The van der Waals surface area contributed by atoms with Gasteiger partial charge in [0.1, 0.15) is 10.8 Å². The molecule has 16 heavy (non-hydrogen) atoms. The maximum atomic E-state index is 6.19. The third-order valence-electron chi connectivity index (χ3n) is 3.48. The molecule has 0 bridgehead atoms. The lowest BCUT2D eigenvalue weighted by Gasteiger charge is -2.25. The van der Waals surface area contributed by atoms with Crippen molar-refractivity contribution in [3.63, 3.8) is 0 Å². The van der Waals surface area contributed by atoms with Gasteiger partial charge in [-0.05, 0) is 32.6 Å². The first-order valence-corrected chi connectivity index (χ1v) is 6.09. The topological polar surface area (TPSA) is 35.0 Å². The highest BCUT2D eigenvalue weighted by Crippen LogP contribution is 2.31. The van der Waals surface area contributed by atoms with Crippen LogP contribution < -0.4 is 0 Å². The standard InChI is InChI=1S/C12H17ClN2O/c1-4-12(2,16-3)11-14-9-7-5-6-8(9)10(13)15-11/h4-7H2,1-3H3. The summed E-state index contributed by atoms with van der Waals surface area (Å²) in [5.74, 6) is 0.711. The van der Waals surface area contributed by atoms with Crippen LogP contribution in [-0.2, 0) is 23.2 Å². The Labute approximate surface area is 101 Å². The monoisotopic (exact) mass is 240 g/mol. The molecular weight excluding hydrogens is 224 g/mol. The van der Waals surface area contributed by atoms with Crippen LogP contribution in [0.4, 0.5) is 0 Å². The van der Waals surface area contributed by atoms with Crippen molar-refractivity contribution in [2.45, 2.75) is 45.1 Å². The molecule has 4 heteroatoms. The summed E-state index contributed by atoms with van der Waals surface area (Å²) in [5, 5.41) is 0.606. The lowest BCUT2D eigenvalue weighted by molar-refractivity contribution is -0.00913. The van der Waals surface area contributed by atoms with E-state index in [0.717, 1.165) is 36.9 Å². The second-order valence-electron chi connectivity index (χ2n) is 4.41. The van der Waals surface area contributed by atoms with E-state index in [0.29, 0.717) is 11.0 Å². The maximum Gasteiger partial charge on any atom is 0.161 e. The van der Waals surface area contributed by atoms with E-state index >= 15 is 0 Å². The number of rotatable bonds is 3. The third-order valence-corrected chi connectivity index (χ3v) is 3.79. The van der Waals surface area contributed by atoms with Crippen molar-refractivity contribution in [1.82, 2.24) is 9.97 Å². The lowest BCUT2D eigenvalue weighted by atomic mass is 10.0. The van der Waals surface area contributed by atoms with E-state index in [1.807, 2.05) is 6.92 Å². The summed E-state index contributed by atoms with van der Waals surface area (Å²) in [7, 11) is 1.69. The van der Waals surface area contributed by atoms with Crippen molar-refractivity contribution in [3.8, 4) is 0 Å². The van der Waals surface area contributed by atoms with Gasteiger partial charge in [0.25, 0.3) is 0 Å². The van der Waals surface area contributed by atoms with Gasteiger partial charge in [0.2, 0.25) is 0 Å². The van der Waals surface area contributed by atoms with E-state index in [2.05, 4.69) is 16.9 Å². The number of hydrogen-bond donors (Lipinski definition) is 0. The Balaban J connectivity index is 2.47. The van der Waals surface area contributed by atoms with Gasteiger partial charge >= 0.3 is 0 Å². The largest absolute Gasteiger partial charge is 0.371 e.